The van der Waals surface area contributed by atoms with E-state index in [9.17, 15) is 18.0 Å². The SMILES string of the molecule is CCC1Sc2cc(S(=O)(=O)CCC(=O)NC3CCCCCCC3)ccc2NC1=O. The van der Waals surface area contributed by atoms with Crippen LogP contribution in [0.4, 0.5) is 5.69 Å². The molecule has 8 heteroatoms. The molecule has 160 valence electrons. The number of sulfone groups is 1. The molecule has 29 heavy (non-hydrogen) atoms. The molecule has 0 bridgehead atoms. The van der Waals surface area contributed by atoms with Gasteiger partial charge in [0.05, 0.1) is 21.6 Å². The highest BCUT2D eigenvalue weighted by molar-refractivity contribution is 8.01. The van der Waals surface area contributed by atoms with Crippen LogP contribution < -0.4 is 10.6 Å². The van der Waals surface area contributed by atoms with E-state index in [2.05, 4.69) is 10.6 Å². The van der Waals surface area contributed by atoms with Crippen molar-refractivity contribution in [3.05, 3.63) is 18.2 Å². The molecule has 1 atom stereocenters. The smallest absolute Gasteiger partial charge is 0.237 e. The number of carbonyl (C=O) groups is 2. The summed E-state index contributed by atoms with van der Waals surface area (Å²) in [4.78, 5) is 25.2. The van der Waals surface area contributed by atoms with E-state index in [4.69, 9.17) is 0 Å². The minimum atomic E-state index is -3.57. The lowest BCUT2D eigenvalue weighted by Gasteiger charge is -2.23. The largest absolute Gasteiger partial charge is 0.353 e. The topological polar surface area (TPSA) is 92.3 Å². The maximum atomic E-state index is 12.8. The van der Waals surface area contributed by atoms with E-state index in [0.29, 0.717) is 12.1 Å². The summed E-state index contributed by atoms with van der Waals surface area (Å²) >= 11 is 1.39. The molecule has 2 N–H and O–H groups in total. The number of carbonyl (C=O) groups excluding carboxylic acids is 2. The van der Waals surface area contributed by atoms with E-state index in [1.54, 1.807) is 12.1 Å². The van der Waals surface area contributed by atoms with Gasteiger partial charge in [-0.1, -0.05) is 39.0 Å². The number of rotatable bonds is 6. The number of thioether (sulfide) groups is 1. The zero-order chi connectivity index (χ0) is 20.9. The van der Waals surface area contributed by atoms with Gasteiger partial charge in [-0.3, -0.25) is 9.59 Å². The predicted octanol–water partition coefficient (Wildman–Crippen LogP) is 3.90. The van der Waals surface area contributed by atoms with Crippen molar-refractivity contribution in [2.45, 2.75) is 85.8 Å². The summed E-state index contributed by atoms with van der Waals surface area (Å²) in [7, 11) is -3.57. The first-order valence-corrected chi connectivity index (χ1v) is 13.1. The standard InChI is InChI=1S/C21H30N2O4S2/c1-2-18-21(25)23-17-11-10-16(14-19(17)28-18)29(26,27)13-12-20(24)22-15-8-6-4-3-5-7-9-15/h10-11,14-15,18H,2-9,12-13H2,1H3,(H,22,24)(H,23,25). The zero-order valence-corrected chi connectivity index (χ0v) is 18.5. The van der Waals surface area contributed by atoms with Crippen molar-refractivity contribution in [2.24, 2.45) is 0 Å². The summed E-state index contributed by atoms with van der Waals surface area (Å²) in [5.41, 5.74) is 0.644. The highest BCUT2D eigenvalue weighted by Crippen LogP contribution is 2.38. The van der Waals surface area contributed by atoms with Crippen molar-refractivity contribution in [3.63, 3.8) is 0 Å². The van der Waals surface area contributed by atoms with Crippen LogP contribution in [0.25, 0.3) is 0 Å². The molecule has 1 unspecified atom stereocenters. The van der Waals surface area contributed by atoms with Gasteiger partial charge in [0, 0.05) is 17.4 Å². The third-order valence-corrected chi connectivity index (χ3v) is 8.71. The number of anilines is 1. The molecule has 1 fully saturated rings. The minimum Gasteiger partial charge on any atom is -0.353 e. The third kappa shape index (κ3) is 5.98. The number of fused-ring (bicyclic) bond motifs is 1. The second-order valence-electron chi connectivity index (χ2n) is 7.84. The summed E-state index contributed by atoms with van der Waals surface area (Å²) in [5, 5.41) is 5.64. The molecule has 6 nitrogen and oxygen atoms in total. The van der Waals surface area contributed by atoms with Gasteiger partial charge in [0.1, 0.15) is 0 Å². The van der Waals surface area contributed by atoms with Crippen molar-refractivity contribution in [1.29, 1.82) is 0 Å². The third-order valence-electron chi connectivity index (χ3n) is 5.57. The summed E-state index contributed by atoms with van der Waals surface area (Å²) in [6.07, 6.45) is 8.51. The quantitative estimate of drug-likeness (QED) is 0.703. The van der Waals surface area contributed by atoms with E-state index >= 15 is 0 Å². The molecule has 1 aromatic carbocycles. The van der Waals surface area contributed by atoms with Gasteiger partial charge in [0.2, 0.25) is 11.8 Å². The monoisotopic (exact) mass is 438 g/mol. The number of nitrogens with one attached hydrogen (secondary N) is 2. The number of hydrogen-bond acceptors (Lipinski definition) is 5. The van der Waals surface area contributed by atoms with E-state index in [1.165, 1.54) is 37.1 Å². The summed E-state index contributed by atoms with van der Waals surface area (Å²) in [5.74, 6) is -0.449. The number of amides is 2. The van der Waals surface area contributed by atoms with Crippen LogP contribution in [0.2, 0.25) is 0 Å². The maximum absolute atomic E-state index is 12.8. The average Bonchev–Trinajstić information content (AvgIpc) is 2.67. The second-order valence-corrected chi connectivity index (χ2v) is 11.2. The minimum absolute atomic E-state index is 0.0304. The van der Waals surface area contributed by atoms with Crippen molar-refractivity contribution < 1.29 is 18.0 Å². The summed E-state index contributed by atoms with van der Waals surface area (Å²) in [6, 6.07) is 4.92. The molecule has 0 radical (unpaired) electrons. The Labute approximate surface area is 177 Å². The van der Waals surface area contributed by atoms with Crippen molar-refractivity contribution in [1.82, 2.24) is 5.32 Å². The molecule has 0 aromatic heterocycles. The fourth-order valence-electron chi connectivity index (χ4n) is 3.83. The van der Waals surface area contributed by atoms with E-state index in [0.717, 1.165) is 30.6 Å². The first-order valence-electron chi connectivity index (χ1n) is 10.5. The fraction of sp³-hybridized carbons (Fsp3) is 0.619. The fourth-order valence-corrected chi connectivity index (χ4v) is 6.25. The molecule has 1 aliphatic carbocycles. The van der Waals surface area contributed by atoms with Gasteiger partial charge in [-0.05, 0) is 37.5 Å². The normalized spacial score (nSPS) is 20.9. The molecule has 1 aliphatic heterocycles. The Hall–Kier alpha value is -1.54. The van der Waals surface area contributed by atoms with Crippen LogP contribution in [-0.4, -0.2) is 37.3 Å². The summed E-state index contributed by atoms with van der Waals surface area (Å²) in [6.45, 7) is 1.93. The van der Waals surface area contributed by atoms with Gasteiger partial charge in [-0.25, -0.2) is 8.42 Å². The second kappa shape index (κ2) is 9.98. The van der Waals surface area contributed by atoms with Crippen LogP contribution in [0.3, 0.4) is 0 Å². The number of hydrogen-bond donors (Lipinski definition) is 2. The van der Waals surface area contributed by atoms with Gasteiger partial charge in [0.15, 0.2) is 9.84 Å². The van der Waals surface area contributed by atoms with Gasteiger partial charge in [-0.15, -0.1) is 11.8 Å². The Morgan fingerprint density at radius 3 is 2.55 bits per heavy atom. The van der Waals surface area contributed by atoms with E-state index in [1.807, 2.05) is 6.92 Å². The van der Waals surface area contributed by atoms with Crippen molar-refractivity contribution in [2.75, 3.05) is 11.1 Å². The molecular formula is C21H30N2O4S2. The maximum Gasteiger partial charge on any atom is 0.237 e. The molecule has 0 spiro atoms. The molecule has 1 heterocycles. The molecule has 1 saturated carbocycles. The molecule has 3 rings (SSSR count). The lowest BCUT2D eigenvalue weighted by atomic mass is 9.97. The lowest BCUT2D eigenvalue weighted by Crippen LogP contribution is -2.36. The van der Waals surface area contributed by atoms with Crippen LogP contribution in [0.1, 0.15) is 64.7 Å². The van der Waals surface area contributed by atoms with Gasteiger partial charge < -0.3 is 10.6 Å². The van der Waals surface area contributed by atoms with Crippen LogP contribution in [0, 0.1) is 0 Å². The van der Waals surface area contributed by atoms with Crippen LogP contribution in [0.15, 0.2) is 28.0 Å². The Morgan fingerprint density at radius 1 is 1.17 bits per heavy atom. The zero-order valence-electron chi connectivity index (χ0n) is 16.9. The summed E-state index contributed by atoms with van der Waals surface area (Å²) < 4.78 is 25.5. The Bertz CT molecular complexity index is 846. The molecule has 2 amide bonds. The van der Waals surface area contributed by atoms with Gasteiger partial charge in [0.25, 0.3) is 0 Å². The molecular weight excluding hydrogens is 408 g/mol. The highest BCUT2D eigenvalue weighted by atomic mass is 32.2. The first kappa shape index (κ1) is 22.2. The van der Waals surface area contributed by atoms with Crippen molar-refractivity contribution in [3.8, 4) is 0 Å². The average molecular weight is 439 g/mol. The van der Waals surface area contributed by atoms with Crippen LogP contribution in [0.5, 0.6) is 0 Å². The van der Waals surface area contributed by atoms with E-state index < -0.39 is 9.84 Å². The molecule has 2 aliphatic rings. The Kier molecular flexibility index (Phi) is 7.62. The first-order chi connectivity index (χ1) is 13.9. The highest BCUT2D eigenvalue weighted by Gasteiger charge is 2.27. The van der Waals surface area contributed by atoms with Crippen LogP contribution >= 0.6 is 11.8 Å². The predicted molar refractivity (Wildman–Crippen MR) is 116 cm³/mol. The van der Waals surface area contributed by atoms with Gasteiger partial charge >= 0.3 is 0 Å². The van der Waals surface area contributed by atoms with E-state index in [-0.39, 0.29) is 40.2 Å². The van der Waals surface area contributed by atoms with Crippen LogP contribution in [-0.2, 0) is 19.4 Å². The molecule has 1 aromatic rings. The Morgan fingerprint density at radius 2 is 1.86 bits per heavy atom. The van der Waals surface area contributed by atoms with Crippen molar-refractivity contribution >= 4 is 39.1 Å². The Balaban J connectivity index is 1.59. The molecule has 0 saturated heterocycles. The number of benzene rings is 1. The lowest BCUT2D eigenvalue weighted by molar-refractivity contribution is -0.121. The van der Waals surface area contributed by atoms with Gasteiger partial charge in [-0.2, -0.15) is 0 Å².